The molecule has 0 unspecified atom stereocenters. The molecule has 0 aromatic rings. The van der Waals surface area contributed by atoms with Crippen LogP contribution in [0.15, 0.2) is 0 Å². The van der Waals surface area contributed by atoms with E-state index in [9.17, 15) is 14.4 Å². The molecule has 0 aliphatic heterocycles. The molecule has 0 fully saturated rings. The maximum Gasteiger partial charge on any atom is 0.323 e. The van der Waals surface area contributed by atoms with Crippen molar-refractivity contribution in [3.05, 3.63) is 0 Å². The minimum Gasteiger partial charge on any atom is -0.480 e. The van der Waals surface area contributed by atoms with Crippen molar-refractivity contribution in [2.75, 3.05) is 33.2 Å². The third-order valence-corrected chi connectivity index (χ3v) is 2.19. The Balaban J connectivity index is 4.31. The summed E-state index contributed by atoms with van der Waals surface area (Å²) in [6, 6.07) is -0.673. The molecular weight excluding hydrogens is 238 g/mol. The summed E-state index contributed by atoms with van der Waals surface area (Å²) in [6.07, 6.45) is 5.03. The number of terminal acetylenes is 1. The Hall–Kier alpha value is -2.23. The standard InChI is InChI=1S/C11H17N3O4/c1-4-6-14(8-10(16)17)11(18)12-7-9(15)13(3)5-2/h1H,5-8H2,2-3H3,(H,12,18)(H,16,17). The second-order valence-corrected chi connectivity index (χ2v) is 3.52. The molecule has 0 atom stereocenters. The van der Waals surface area contributed by atoms with Gasteiger partial charge >= 0.3 is 12.0 Å². The predicted molar refractivity (Wildman–Crippen MR) is 64.8 cm³/mol. The Bertz CT molecular complexity index is 362. The van der Waals surface area contributed by atoms with Gasteiger partial charge in [-0.1, -0.05) is 5.92 Å². The highest BCUT2D eigenvalue weighted by molar-refractivity contribution is 5.85. The van der Waals surface area contributed by atoms with Gasteiger partial charge in [-0.15, -0.1) is 6.42 Å². The first-order chi connectivity index (χ1) is 8.42. The van der Waals surface area contributed by atoms with Gasteiger partial charge < -0.3 is 20.2 Å². The fourth-order valence-electron chi connectivity index (χ4n) is 1.05. The summed E-state index contributed by atoms with van der Waals surface area (Å²) in [6.45, 7) is 1.50. The van der Waals surface area contributed by atoms with Crippen LogP contribution >= 0.6 is 0 Å². The number of carboxylic acids is 1. The van der Waals surface area contributed by atoms with E-state index in [2.05, 4.69) is 11.2 Å². The SMILES string of the molecule is C#CCN(CC(=O)O)C(=O)NCC(=O)N(C)CC. The number of nitrogens with one attached hydrogen (secondary N) is 1. The van der Waals surface area contributed by atoms with Gasteiger partial charge in [-0.3, -0.25) is 9.59 Å². The van der Waals surface area contributed by atoms with Gasteiger partial charge in [0, 0.05) is 13.6 Å². The summed E-state index contributed by atoms with van der Waals surface area (Å²) in [5.41, 5.74) is 0. The second-order valence-electron chi connectivity index (χ2n) is 3.52. The first kappa shape index (κ1) is 15.8. The molecule has 0 saturated carbocycles. The molecule has 0 saturated heterocycles. The molecule has 0 radical (unpaired) electrons. The van der Waals surface area contributed by atoms with E-state index in [0.29, 0.717) is 6.54 Å². The van der Waals surface area contributed by atoms with E-state index in [4.69, 9.17) is 11.5 Å². The first-order valence-corrected chi connectivity index (χ1v) is 5.34. The Labute approximate surface area is 106 Å². The minimum atomic E-state index is -1.17. The first-order valence-electron chi connectivity index (χ1n) is 5.34. The summed E-state index contributed by atoms with van der Waals surface area (Å²) in [5.74, 6) is 0.751. The fraction of sp³-hybridized carbons (Fsp3) is 0.545. The molecular formula is C11H17N3O4. The summed E-state index contributed by atoms with van der Waals surface area (Å²) in [5, 5.41) is 10.9. The molecule has 0 aliphatic carbocycles. The number of hydrogen-bond acceptors (Lipinski definition) is 3. The summed E-state index contributed by atoms with van der Waals surface area (Å²) >= 11 is 0. The van der Waals surface area contributed by atoms with Crippen LogP contribution in [0.2, 0.25) is 0 Å². The zero-order valence-electron chi connectivity index (χ0n) is 10.5. The molecule has 0 heterocycles. The van der Waals surface area contributed by atoms with Gasteiger partial charge in [0.05, 0.1) is 13.1 Å². The van der Waals surface area contributed by atoms with E-state index in [1.165, 1.54) is 4.90 Å². The lowest BCUT2D eigenvalue weighted by atomic mass is 10.4. The number of nitrogens with zero attached hydrogens (tertiary/aromatic N) is 2. The normalized spacial score (nSPS) is 9.17. The van der Waals surface area contributed by atoms with E-state index in [0.717, 1.165) is 4.90 Å². The third kappa shape index (κ3) is 5.75. The number of rotatable bonds is 6. The van der Waals surface area contributed by atoms with E-state index < -0.39 is 18.5 Å². The molecule has 100 valence electrons. The molecule has 2 N–H and O–H groups in total. The van der Waals surface area contributed by atoms with Gasteiger partial charge in [-0.05, 0) is 6.92 Å². The molecule has 0 rings (SSSR count). The van der Waals surface area contributed by atoms with Crippen LogP contribution < -0.4 is 5.32 Å². The van der Waals surface area contributed by atoms with Gasteiger partial charge in [0.25, 0.3) is 0 Å². The van der Waals surface area contributed by atoms with E-state index in [1.807, 2.05) is 0 Å². The highest BCUT2D eigenvalue weighted by Gasteiger charge is 2.16. The van der Waals surface area contributed by atoms with Gasteiger partial charge in [0.15, 0.2) is 0 Å². The third-order valence-electron chi connectivity index (χ3n) is 2.19. The summed E-state index contributed by atoms with van der Waals surface area (Å²) in [4.78, 5) is 35.9. The number of carbonyl (C=O) groups is 3. The highest BCUT2D eigenvalue weighted by Crippen LogP contribution is 1.90. The Morgan fingerprint density at radius 3 is 2.44 bits per heavy atom. The van der Waals surface area contributed by atoms with Crippen LogP contribution in [0.5, 0.6) is 0 Å². The molecule has 0 spiro atoms. The molecule has 18 heavy (non-hydrogen) atoms. The minimum absolute atomic E-state index is 0.129. The van der Waals surface area contributed by atoms with Crippen LogP contribution in [0.3, 0.4) is 0 Å². The number of amides is 3. The molecule has 0 aromatic heterocycles. The van der Waals surface area contributed by atoms with Crippen molar-refractivity contribution in [2.45, 2.75) is 6.92 Å². The van der Waals surface area contributed by atoms with Crippen LogP contribution in [-0.2, 0) is 9.59 Å². The van der Waals surface area contributed by atoms with E-state index in [-0.39, 0.29) is 19.0 Å². The van der Waals surface area contributed by atoms with Gasteiger partial charge in [0.2, 0.25) is 5.91 Å². The lowest BCUT2D eigenvalue weighted by molar-refractivity contribution is -0.137. The topological polar surface area (TPSA) is 90.0 Å². The van der Waals surface area contributed by atoms with Crippen molar-refractivity contribution in [1.29, 1.82) is 0 Å². The average molecular weight is 255 g/mol. The maximum atomic E-state index is 11.6. The maximum absolute atomic E-state index is 11.6. The fourth-order valence-corrected chi connectivity index (χ4v) is 1.05. The van der Waals surface area contributed by atoms with Crippen molar-refractivity contribution in [1.82, 2.24) is 15.1 Å². The highest BCUT2D eigenvalue weighted by atomic mass is 16.4. The van der Waals surface area contributed by atoms with Crippen LogP contribution in [0.25, 0.3) is 0 Å². The average Bonchev–Trinajstić information content (AvgIpc) is 2.33. The van der Waals surface area contributed by atoms with E-state index >= 15 is 0 Å². The Morgan fingerprint density at radius 2 is 2.00 bits per heavy atom. The Morgan fingerprint density at radius 1 is 1.39 bits per heavy atom. The van der Waals surface area contributed by atoms with Crippen LogP contribution in [-0.4, -0.2) is 66.0 Å². The van der Waals surface area contributed by atoms with E-state index in [1.54, 1.807) is 14.0 Å². The molecule has 7 nitrogen and oxygen atoms in total. The largest absolute Gasteiger partial charge is 0.480 e. The van der Waals surface area contributed by atoms with Crippen LogP contribution in [0.1, 0.15) is 6.92 Å². The second kappa shape index (κ2) is 7.95. The van der Waals surface area contributed by atoms with Crippen LogP contribution in [0.4, 0.5) is 4.79 Å². The van der Waals surface area contributed by atoms with Crippen molar-refractivity contribution in [2.24, 2.45) is 0 Å². The molecule has 7 heteroatoms. The lowest BCUT2D eigenvalue weighted by Gasteiger charge is -2.20. The number of likely N-dealkylation sites (N-methyl/N-ethyl adjacent to an activating group) is 1. The zero-order chi connectivity index (χ0) is 14.1. The Kier molecular flexibility index (Phi) is 6.96. The predicted octanol–water partition coefficient (Wildman–Crippen LogP) is -0.806. The quantitative estimate of drug-likeness (QED) is 0.608. The van der Waals surface area contributed by atoms with Gasteiger partial charge in [0.1, 0.15) is 6.54 Å². The van der Waals surface area contributed by atoms with Crippen molar-refractivity contribution < 1.29 is 19.5 Å². The number of urea groups is 1. The monoisotopic (exact) mass is 255 g/mol. The molecule has 3 amide bonds. The van der Waals surface area contributed by atoms with Crippen molar-refractivity contribution >= 4 is 17.9 Å². The van der Waals surface area contributed by atoms with Gasteiger partial charge in [-0.2, -0.15) is 0 Å². The van der Waals surface area contributed by atoms with Gasteiger partial charge in [-0.25, -0.2) is 4.79 Å². The summed E-state index contributed by atoms with van der Waals surface area (Å²) < 4.78 is 0. The number of carbonyl (C=O) groups excluding carboxylic acids is 2. The molecule has 0 aliphatic rings. The summed E-state index contributed by atoms with van der Waals surface area (Å²) in [7, 11) is 1.60. The van der Waals surface area contributed by atoms with Crippen molar-refractivity contribution in [3.8, 4) is 12.3 Å². The van der Waals surface area contributed by atoms with Crippen LogP contribution in [0, 0.1) is 12.3 Å². The molecule has 0 aromatic carbocycles. The smallest absolute Gasteiger partial charge is 0.323 e. The number of hydrogen-bond donors (Lipinski definition) is 2. The zero-order valence-corrected chi connectivity index (χ0v) is 10.5. The molecule has 0 bridgehead atoms. The van der Waals surface area contributed by atoms with Crippen molar-refractivity contribution in [3.63, 3.8) is 0 Å². The lowest BCUT2D eigenvalue weighted by Crippen LogP contribution is -2.46. The number of aliphatic carboxylic acids is 1. The number of carboxylic acid groups (broad SMARTS) is 1.